The second-order valence-electron chi connectivity index (χ2n) is 12.6. The van der Waals surface area contributed by atoms with Crippen LogP contribution >= 0.6 is 11.3 Å². The van der Waals surface area contributed by atoms with Crippen molar-refractivity contribution in [2.24, 2.45) is 10.8 Å². The minimum Gasteiger partial charge on any atom is -0.488 e. The molecule has 7 heteroatoms. The number of hydrogen-bond donors (Lipinski definition) is 3. The molecule has 3 N–H and O–H groups in total. The average Bonchev–Trinajstić information content (AvgIpc) is 3.18. The summed E-state index contributed by atoms with van der Waals surface area (Å²) < 4.78 is 6.28. The summed E-state index contributed by atoms with van der Waals surface area (Å²) in [5.41, 5.74) is 2.32. The number of rotatable bonds is 12. The van der Waals surface area contributed by atoms with E-state index >= 15 is 0 Å². The molecule has 1 aromatic heterocycles. The maximum atomic E-state index is 12.0. The van der Waals surface area contributed by atoms with E-state index in [9.17, 15) is 9.90 Å². The van der Waals surface area contributed by atoms with Gasteiger partial charge in [-0.15, -0.1) is 11.3 Å². The molecular weight excluding hydrogens is 484 g/mol. The number of thiazole rings is 1. The molecule has 0 spiro atoms. The first kappa shape index (κ1) is 31.3. The van der Waals surface area contributed by atoms with Crippen LogP contribution in [0.15, 0.2) is 24.3 Å². The number of carbonyl (C=O) groups excluding carboxylic acids is 1. The lowest BCUT2D eigenvalue weighted by Gasteiger charge is -2.34. The summed E-state index contributed by atoms with van der Waals surface area (Å²) in [5, 5.41) is 20.7. The lowest BCUT2D eigenvalue weighted by Crippen LogP contribution is -2.42. The van der Waals surface area contributed by atoms with Gasteiger partial charge in [-0.3, -0.25) is 10.0 Å². The average molecular weight is 533 g/mol. The molecule has 208 valence electrons. The Morgan fingerprint density at radius 3 is 2.11 bits per heavy atom. The summed E-state index contributed by atoms with van der Waals surface area (Å²) in [7, 11) is 0. The van der Waals surface area contributed by atoms with Crippen molar-refractivity contribution in [3.63, 3.8) is 0 Å². The highest BCUT2D eigenvalue weighted by atomic mass is 32.1. The molecule has 1 amide bonds. The Kier molecular flexibility index (Phi) is 10.00. The first-order chi connectivity index (χ1) is 17.0. The van der Waals surface area contributed by atoms with Gasteiger partial charge in [0, 0.05) is 22.1 Å². The Labute approximate surface area is 227 Å². The number of nitrogens with one attached hydrogen (secondary N) is 1. The highest BCUT2D eigenvalue weighted by molar-refractivity contribution is 7.12. The van der Waals surface area contributed by atoms with Gasteiger partial charge in [0.2, 0.25) is 5.91 Å². The van der Waals surface area contributed by atoms with E-state index in [2.05, 4.69) is 53.7 Å². The Balaban J connectivity index is 2.27. The van der Waals surface area contributed by atoms with E-state index in [0.29, 0.717) is 6.42 Å². The minimum atomic E-state index is -0.777. The molecule has 0 saturated heterocycles. The Morgan fingerprint density at radius 1 is 1.05 bits per heavy atom. The number of benzene rings is 1. The maximum Gasteiger partial charge on any atom is 0.249 e. The van der Waals surface area contributed by atoms with Gasteiger partial charge < -0.3 is 9.84 Å². The van der Waals surface area contributed by atoms with Crippen LogP contribution in [0.1, 0.15) is 109 Å². The van der Waals surface area contributed by atoms with Crippen LogP contribution in [0.25, 0.3) is 0 Å². The predicted molar refractivity (Wildman–Crippen MR) is 151 cm³/mol. The molecule has 1 atom stereocenters. The topological polar surface area (TPSA) is 91.7 Å². The number of aliphatic hydroxyl groups excluding tert-OH is 1. The molecule has 1 heterocycles. The van der Waals surface area contributed by atoms with Crippen molar-refractivity contribution in [2.75, 3.05) is 0 Å². The zero-order valence-corrected chi connectivity index (χ0v) is 25.3. The molecule has 0 saturated carbocycles. The van der Waals surface area contributed by atoms with Crippen molar-refractivity contribution in [3.05, 3.63) is 45.4 Å². The zero-order valence-electron chi connectivity index (χ0n) is 24.5. The summed E-state index contributed by atoms with van der Waals surface area (Å²) >= 11 is 1.78. The summed E-state index contributed by atoms with van der Waals surface area (Å²) in [6, 6.07) is 8.25. The van der Waals surface area contributed by atoms with Gasteiger partial charge >= 0.3 is 0 Å². The van der Waals surface area contributed by atoms with E-state index < -0.39 is 16.9 Å². The highest BCUT2D eigenvalue weighted by Gasteiger charge is 2.37. The van der Waals surface area contributed by atoms with Gasteiger partial charge in [-0.1, -0.05) is 60.6 Å². The van der Waals surface area contributed by atoms with E-state index in [1.807, 2.05) is 26.0 Å². The molecule has 1 aromatic carbocycles. The minimum absolute atomic E-state index is 0.128. The van der Waals surface area contributed by atoms with E-state index in [0.717, 1.165) is 42.1 Å². The van der Waals surface area contributed by atoms with Crippen LogP contribution in [0.4, 0.5) is 0 Å². The van der Waals surface area contributed by atoms with Gasteiger partial charge in [-0.2, -0.15) is 0 Å². The van der Waals surface area contributed by atoms with Crippen molar-refractivity contribution in [1.82, 2.24) is 10.5 Å². The van der Waals surface area contributed by atoms with Gasteiger partial charge in [-0.25, -0.2) is 10.5 Å². The molecule has 2 aromatic rings. The van der Waals surface area contributed by atoms with Crippen LogP contribution in [0, 0.1) is 17.8 Å². The number of hydrogen-bond acceptors (Lipinski definition) is 6. The molecule has 0 fully saturated rings. The van der Waals surface area contributed by atoms with E-state index in [4.69, 9.17) is 14.9 Å². The molecule has 1 unspecified atom stereocenters. The predicted octanol–water partition coefficient (Wildman–Crippen LogP) is 6.98. The first-order valence-corrected chi connectivity index (χ1v) is 14.2. The molecule has 37 heavy (non-hydrogen) atoms. The summed E-state index contributed by atoms with van der Waals surface area (Å²) in [4.78, 5) is 18.3. The Morgan fingerprint density at radius 2 is 1.62 bits per heavy atom. The van der Waals surface area contributed by atoms with Crippen LogP contribution in [0.5, 0.6) is 5.75 Å². The van der Waals surface area contributed by atoms with Gasteiger partial charge in [-0.05, 0) is 69.6 Å². The summed E-state index contributed by atoms with van der Waals surface area (Å²) in [6.07, 6.45) is 3.51. The third-order valence-corrected chi connectivity index (χ3v) is 8.96. The van der Waals surface area contributed by atoms with Crippen LogP contribution in [0.2, 0.25) is 0 Å². The van der Waals surface area contributed by atoms with Crippen molar-refractivity contribution >= 4 is 17.2 Å². The number of aryl methyl sites for hydroxylation is 2. The standard InChI is InChI=1S/C30H48N2O4S/c1-11-30(12-2,26-31-20(3)23(37-26)17-18-24(33)27(4,5)6)21-13-15-22(16-14-21)36-29(9,10)19-28(7,8)25(34)32-35/h13-16,24,33,35H,11-12,17-19H2,1-10H3,(H,32,34). The van der Waals surface area contributed by atoms with Crippen molar-refractivity contribution in [2.45, 2.75) is 118 Å². The van der Waals surface area contributed by atoms with Crippen LogP contribution in [-0.2, 0) is 16.6 Å². The monoisotopic (exact) mass is 532 g/mol. The molecule has 0 aliphatic heterocycles. The number of carbonyl (C=O) groups is 1. The lowest BCUT2D eigenvalue weighted by atomic mass is 9.76. The molecule has 2 rings (SSSR count). The molecule has 0 aliphatic carbocycles. The fourth-order valence-electron chi connectivity index (χ4n) is 5.14. The first-order valence-electron chi connectivity index (χ1n) is 13.4. The quantitative estimate of drug-likeness (QED) is 0.203. The number of nitrogens with zero attached hydrogens (tertiary/aromatic N) is 1. The Hall–Kier alpha value is -1.96. The molecule has 6 nitrogen and oxygen atoms in total. The summed E-state index contributed by atoms with van der Waals surface area (Å²) in [5.74, 6) is 0.309. The van der Waals surface area contributed by atoms with E-state index in [1.54, 1.807) is 30.7 Å². The number of hydroxylamine groups is 1. The third-order valence-electron chi connectivity index (χ3n) is 7.54. The van der Waals surface area contributed by atoms with E-state index in [1.165, 1.54) is 10.4 Å². The highest BCUT2D eigenvalue weighted by Crippen LogP contribution is 2.43. The Bertz CT molecular complexity index is 1030. The van der Waals surface area contributed by atoms with E-state index in [-0.39, 0.29) is 16.9 Å². The number of aromatic nitrogens is 1. The smallest absolute Gasteiger partial charge is 0.249 e. The fourth-order valence-corrected chi connectivity index (χ4v) is 6.57. The summed E-state index contributed by atoms with van der Waals surface area (Å²) in [6.45, 7) is 20.2. The third kappa shape index (κ3) is 7.55. The second-order valence-corrected chi connectivity index (χ2v) is 13.7. The SMILES string of the molecule is CCC(CC)(c1ccc(OC(C)(C)CC(C)(C)C(=O)NO)cc1)c1nc(C)c(CCC(O)C(C)(C)C)s1. The van der Waals surface area contributed by atoms with Crippen molar-refractivity contribution in [3.8, 4) is 5.75 Å². The lowest BCUT2D eigenvalue weighted by molar-refractivity contribution is -0.140. The van der Waals surface area contributed by atoms with Gasteiger partial charge in [0.1, 0.15) is 16.4 Å². The molecule has 0 bridgehead atoms. The molecule has 0 aliphatic rings. The van der Waals surface area contributed by atoms with Crippen molar-refractivity contribution < 1.29 is 19.8 Å². The van der Waals surface area contributed by atoms with Crippen LogP contribution < -0.4 is 10.2 Å². The maximum absolute atomic E-state index is 12.0. The van der Waals surface area contributed by atoms with Gasteiger partial charge in [0.05, 0.1) is 11.8 Å². The number of ether oxygens (including phenoxy) is 1. The van der Waals surface area contributed by atoms with Crippen LogP contribution in [-0.4, -0.2) is 32.9 Å². The number of amides is 1. The van der Waals surface area contributed by atoms with Crippen LogP contribution in [0.3, 0.4) is 0 Å². The number of aliphatic hydroxyl groups is 1. The second kappa shape index (κ2) is 11.8. The van der Waals surface area contributed by atoms with Gasteiger partial charge in [0.15, 0.2) is 0 Å². The fraction of sp³-hybridized carbons (Fsp3) is 0.667. The van der Waals surface area contributed by atoms with Crippen molar-refractivity contribution in [1.29, 1.82) is 0 Å². The largest absolute Gasteiger partial charge is 0.488 e. The zero-order chi connectivity index (χ0) is 28.2. The van der Waals surface area contributed by atoms with Gasteiger partial charge in [0.25, 0.3) is 0 Å². The molecule has 0 radical (unpaired) electrons. The normalized spacial score (nSPS) is 13.9. The molecular formula is C30H48N2O4S.